The number of hydrogen-bond acceptors (Lipinski definition) is 3. The van der Waals surface area contributed by atoms with Gasteiger partial charge in [-0.3, -0.25) is 0 Å². The molecule has 0 saturated carbocycles. The van der Waals surface area contributed by atoms with Crippen LogP contribution in [0.5, 0.6) is 5.75 Å². The fourth-order valence-electron chi connectivity index (χ4n) is 1.49. The lowest BCUT2D eigenvalue weighted by Gasteiger charge is -2.15. The highest BCUT2D eigenvalue weighted by atomic mass is 35.5. The van der Waals surface area contributed by atoms with Crippen molar-refractivity contribution in [2.45, 2.75) is 13.0 Å². The summed E-state index contributed by atoms with van der Waals surface area (Å²) in [5.74, 6) is 0.590. The summed E-state index contributed by atoms with van der Waals surface area (Å²) in [5.41, 5.74) is 1.80. The number of aryl methyl sites for hydroxylation is 1. The van der Waals surface area contributed by atoms with Gasteiger partial charge < -0.3 is 15.2 Å². The van der Waals surface area contributed by atoms with Gasteiger partial charge in [-0.05, 0) is 37.2 Å². The van der Waals surface area contributed by atoms with Gasteiger partial charge >= 0.3 is 0 Å². The van der Waals surface area contributed by atoms with Crippen molar-refractivity contribution in [3.8, 4) is 5.75 Å². The molecule has 0 fully saturated rings. The van der Waals surface area contributed by atoms with Gasteiger partial charge in [0.1, 0.15) is 5.75 Å². The van der Waals surface area contributed by atoms with Gasteiger partial charge in [0, 0.05) is 6.54 Å². The third kappa shape index (κ3) is 2.84. The monoisotopic (exact) mass is 229 g/mol. The van der Waals surface area contributed by atoms with Crippen LogP contribution in [0.1, 0.15) is 17.2 Å². The van der Waals surface area contributed by atoms with Crippen LogP contribution >= 0.6 is 11.6 Å². The second kappa shape index (κ2) is 5.35. The lowest BCUT2D eigenvalue weighted by molar-refractivity contribution is 0.176. The van der Waals surface area contributed by atoms with Crippen molar-refractivity contribution < 1.29 is 9.84 Å². The second-order valence-electron chi connectivity index (χ2n) is 3.42. The maximum absolute atomic E-state index is 9.85. The highest BCUT2D eigenvalue weighted by Gasteiger charge is 2.13. The molecule has 1 unspecified atom stereocenters. The molecule has 3 nitrogen and oxygen atoms in total. The van der Waals surface area contributed by atoms with E-state index in [-0.39, 0.29) is 0 Å². The molecule has 1 aromatic carbocycles. The van der Waals surface area contributed by atoms with Crippen molar-refractivity contribution in [2.24, 2.45) is 0 Å². The van der Waals surface area contributed by atoms with Crippen molar-refractivity contribution in [3.63, 3.8) is 0 Å². The second-order valence-corrected chi connectivity index (χ2v) is 3.82. The Morgan fingerprint density at radius 1 is 1.53 bits per heavy atom. The van der Waals surface area contributed by atoms with Crippen LogP contribution in [0, 0.1) is 6.92 Å². The maximum atomic E-state index is 9.85. The molecule has 1 aromatic rings. The van der Waals surface area contributed by atoms with Gasteiger partial charge in [0.2, 0.25) is 0 Å². The summed E-state index contributed by atoms with van der Waals surface area (Å²) >= 11 is 5.96. The van der Waals surface area contributed by atoms with Gasteiger partial charge in [-0.2, -0.15) is 0 Å². The Hall–Kier alpha value is -0.770. The van der Waals surface area contributed by atoms with Gasteiger partial charge in [-0.25, -0.2) is 0 Å². The van der Waals surface area contributed by atoms with Crippen LogP contribution in [0.2, 0.25) is 5.02 Å². The predicted molar refractivity (Wildman–Crippen MR) is 61.6 cm³/mol. The fourth-order valence-corrected chi connectivity index (χ4v) is 1.78. The number of likely N-dealkylation sites (N-methyl/N-ethyl adjacent to an activating group) is 1. The quantitative estimate of drug-likeness (QED) is 0.829. The third-order valence-electron chi connectivity index (χ3n) is 2.30. The first kappa shape index (κ1) is 12.3. The Morgan fingerprint density at radius 3 is 2.73 bits per heavy atom. The van der Waals surface area contributed by atoms with Crippen LogP contribution in [0.3, 0.4) is 0 Å². The van der Waals surface area contributed by atoms with Crippen molar-refractivity contribution in [1.82, 2.24) is 5.32 Å². The largest absolute Gasteiger partial charge is 0.495 e. The molecule has 0 aliphatic carbocycles. The molecule has 0 heterocycles. The summed E-state index contributed by atoms with van der Waals surface area (Å²) in [6.07, 6.45) is -0.541. The molecule has 0 spiro atoms. The van der Waals surface area contributed by atoms with Crippen molar-refractivity contribution in [2.75, 3.05) is 20.7 Å². The van der Waals surface area contributed by atoms with E-state index in [0.29, 0.717) is 17.3 Å². The van der Waals surface area contributed by atoms with Crippen LogP contribution in [-0.2, 0) is 0 Å². The molecule has 1 atom stereocenters. The summed E-state index contributed by atoms with van der Waals surface area (Å²) in [6, 6.07) is 3.58. The minimum absolute atomic E-state index is 0.506. The fraction of sp³-hybridized carbons (Fsp3) is 0.455. The van der Waals surface area contributed by atoms with Gasteiger partial charge in [0.25, 0.3) is 0 Å². The first-order valence-corrected chi connectivity index (χ1v) is 5.14. The molecule has 0 aromatic heterocycles. The molecule has 4 heteroatoms. The zero-order chi connectivity index (χ0) is 11.4. The SMILES string of the molecule is CNCC(O)c1cc(OC)c(Cl)cc1C. The molecule has 0 aliphatic rings. The van der Waals surface area contributed by atoms with Crippen molar-refractivity contribution in [1.29, 1.82) is 0 Å². The minimum Gasteiger partial charge on any atom is -0.495 e. The Morgan fingerprint density at radius 2 is 2.20 bits per heavy atom. The van der Waals surface area contributed by atoms with Gasteiger partial charge in [0.15, 0.2) is 0 Å². The van der Waals surface area contributed by atoms with Gasteiger partial charge in [-0.15, -0.1) is 0 Å². The van der Waals surface area contributed by atoms with E-state index in [4.69, 9.17) is 16.3 Å². The number of rotatable bonds is 4. The summed E-state index contributed by atoms with van der Waals surface area (Å²) < 4.78 is 5.11. The first-order valence-electron chi connectivity index (χ1n) is 4.76. The summed E-state index contributed by atoms with van der Waals surface area (Å²) in [5, 5.41) is 13.3. The molecule has 0 amide bonds. The molecule has 1 rings (SSSR count). The molecular weight excluding hydrogens is 214 g/mol. The van der Waals surface area contributed by atoms with Crippen LogP contribution in [0.4, 0.5) is 0 Å². The zero-order valence-electron chi connectivity index (χ0n) is 9.17. The average molecular weight is 230 g/mol. The van der Waals surface area contributed by atoms with Crippen molar-refractivity contribution >= 4 is 11.6 Å². The standard InChI is InChI=1S/C11H16ClNO2/c1-7-4-9(12)11(15-3)5-8(7)10(14)6-13-2/h4-5,10,13-14H,6H2,1-3H3. The van der Waals surface area contributed by atoms with Gasteiger partial charge in [-0.1, -0.05) is 11.6 Å². The number of ether oxygens (including phenoxy) is 1. The van der Waals surface area contributed by atoms with E-state index in [0.717, 1.165) is 11.1 Å². The van der Waals surface area contributed by atoms with Gasteiger partial charge in [0.05, 0.1) is 18.2 Å². The summed E-state index contributed by atoms with van der Waals surface area (Å²) in [6.45, 7) is 2.42. The number of benzene rings is 1. The molecular formula is C11H16ClNO2. The van der Waals surface area contributed by atoms with Crippen LogP contribution < -0.4 is 10.1 Å². The maximum Gasteiger partial charge on any atom is 0.137 e. The first-order chi connectivity index (χ1) is 7.10. The van der Waals surface area contributed by atoms with Crippen LogP contribution in [0.25, 0.3) is 0 Å². The normalized spacial score (nSPS) is 12.6. The van der Waals surface area contributed by atoms with E-state index in [9.17, 15) is 5.11 Å². The molecule has 0 aliphatic heterocycles. The molecule has 2 N–H and O–H groups in total. The lowest BCUT2D eigenvalue weighted by Crippen LogP contribution is -2.17. The number of aliphatic hydroxyl groups excluding tert-OH is 1. The Labute approximate surface area is 95.0 Å². The summed E-state index contributed by atoms with van der Waals surface area (Å²) in [7, 11) is 3.36. The van der Waals surface area contributed by atoms with Crippen LogP contribution in [0.15, 0.2) is 12.1 Å². The Bertz CT molecular complexity index is 342. The van der Waals surface area contributed by atoms with E-state index in [1.54, 1.807) is 26.3 Å². The Kier molecular flexibility index (Phi) is 4.39. The number of aliphatic hydroxyl groups is 1. The van der Waals surface area contributed by atoms with E-state index in [1.807, 2.05) is 6.92 Å². The van der Waals surface area contributed by atoms with Crippen molar-refractivity contribution in [3.05, 3.63) is 28.3 Å². The molecule has 84 valence electrons. The van der Waals surface area contributed by atoms with E-state index < -0.39 is 6.10 Å². The zero-order valence-corrected chi connectivity index (χ0v) is 9.93. The Balaban J connectivity index is 3.06. The highest BCUT2D eigenvalue weighted by molar-refractivity contribution is 6.32. The van der Waals surface area contributed by atoms with E-state index in [1.165, 1.54) is 0 Å². The number of hydrogen-bond donors (Lipinski definition) is 2. The molecule has 0 saturated heterocycles. The lowest BCUT2D eigenvalue weighted by atomic mass is 10.0. The molecule has 15 heavy (non-hydrogen) atoms. The number of nitrogens with one attached hydrogen (secondary N) is 1. The topological polar surface area (TPSA) is 41.5 Å². The minimum atomic E-state index is -0.541. The molecule has 0 bridgehead atoms. The van der Waals surface area contributed by atoms with E-state index >= 15 is 0 Å². The third-order valence-corrected chi connectivity index (χ3v) is 2.59. The van der Waals surface area contributed by atoms with E-state index in [2.05, 4.69) is 5.32 Å². The smallest absolute Gasteiger partial charge is 0.137 e. The number of methoxy groups -OCH3 is 1. The highest BCUT2D eigenvalue weighted by Crippen LogP contribution is 2.30. The average Bonchev–Trinajstić information content (AvgIpc) is 2.18. The summed E-state index contributed by atoms with van der Waals surface area (Å²) in [4.78, 5) is 0. The van der Waals surface area contributed by atoms with Crippen LogP contribution in [-0.4, -0.2) is 25.8 Å². The number of halogens is 1. The molecule has 0 radical (unpaired) electrons. The predicted octanol–water partition coefficient (Wildman–Crippen LogP) is 1.91.